The molecule has 3 N–H and O–H groups in total. The Morgan fingerprint density at radius 1 is 1.05 bits per heavy atom. The minimum atomic E-state index is -0.480. The van der Waals surface area contributed by atoms with Crippen LogP contribution in [0.3, 0.4) is 0 Å². The van der Waals surface area contributed by atoms with Crippen LogP contribution in [0.2, 0.25) is 0 Å². The van der Waals surface area contributed by atoms with E-state index < -0.39 is 11.7 Å². The van der Waals surface area contributed by atoms with Gasteiger partial charge in [0.25, 0.3) is 0 Å². The highest BCUT2D eigenvalue weighted by molar-refractivity contribution is 7.80. The van der Waals surface area contributed by atoms with Crippen LogP contribution in [-0.4, -0.2) is 36.4 Å². The number of nitrogens with one attached hydrogen (secondary N) is 3. The Labute approximate surface area is 137 Å². The molecule has 22 heavy (non-hydrogen) atoms. The zero-order valence-electron chi connectivity index (χ0n) is 13.4. The molecule has 5 nitrogen and oxygen atoms in total. The summed E-state index contributed by atoms with van der Waals surface area (Å²) in [4.78, 5) is 11.4. The predicted octanol–water partition coefficient (Wildman–Crippen LogP) is 2.22. The molecule has 0 heterocycles. The number of carbonyl (C=O) groups is 1. The van der Waals surface area contributed by atoms with E-state index in [9.17, 15) is 4.79 Å². The van der Waals surface area contributed by atoms with Crippen LogP contribution in [-0.2, 0) is 11.2 Å². The molecule has 0 aliphatic rings. The second kappa shape index (κ2) is 9.25. The number of carbonyl (C=O) groups excluding carboxylic acids is 1. The third-order valence-corrected chi connectivity index (χ3v) is 2.91. The van der Waals surface area contributed by atoms with Crippen LogP contribution in [0.15, 0.2) is 30.3 Å². The summed E-state index contributed by atoms with van der Waals surface area (Å²) in [6.45, 7) is 7.27. The first-order valence-electron chi connectivity index (χ1n) is 7.39. The standard InChI is InChI=1S/C16H25N3O2S/c1-16(2,3)21-15(20)19-12-11-18-14(22)17-10-9-13-7-5-4-6-8-13/h4-8H,9-12H2,1-3H3,(H,19,20)(H2,17,18,22). The Morgan fingerprint density at radius 3 is 2.27 bits per heavy atom. The van der Waals surface area contributed by atoms with E-state index in [2.05, 4.69) is 28.1 Å². The fourth-order valence-electron chi connectivity index (χ4n) is 1.68. The molecule has 0 radical (unpaired) electrons. The molecule has 0 fully saturated rings. The summed E-state index contributed by atoms with van der Waals surface area (Å²) in [5.41, 5.74) is 0.788. The zero-order valence-corrected chi connectivity index (χ0v) is 14.3. The topological polar surface area (TPSA) is 62.4 Å². The predicted molar refractivity (Wildman–Crippen MR) is 93.0 cm³/mol. The average Bonchev–Trinajstić information content (AvgIpc) is 2.43. The molecule has 0 saturated carbocycles. The van der Waals surface area contributed by atoms with Crippen LogP contribution in [0.5, 0.6) is 0 Å². The third-order valence-electron chi connectivity index (χ3n) is 2.62. The van der Waals surface area contributed by atoms with Gasteiger partial charge in [-0.05, 0) is 45.0 Å². The van der Waals surface area contributed by atoms with Gasteiger partial charge in [0, 0.05) is 19.6 Å². The number of alkyl carbamates (subject to hydrolysis) is 1. The SMILES string of the molecule is CC(C)(C)OC(=O)NCCNC(=S)NCCc1ccccc1. The van der Waals surface area contributed by atoms with Crippen LogP contribution >= 0.6 is 12.2 Å². The van der Waals surface area contributed by atoms with Crippen molar-refractivity contribution < 1.29 is 9.53 Å². The molecule has 1 aromatic rings. The molecule has 1 rings (SSSR count). The maximum absolute atomic E-state index is 11.4. The van der Waals surface area contributed by atoms with Crippen molar-refractivity contribution >= 4 is 23.4 Å². The van der Waals surface area contributed by atoms with Gasteiger partial charge >= 0.3 is 6.09 Å². The Balaban J connectivity index is 2.05. The Morgan fingerprint density at radius 2 is 1.64 bits per heavy atom. The summed E-state index contributed by atoms with van der Waals surface area (Å²) in [6, 6.07) is 10.2. The molecule has 0 aromatic heterocycles. The summed E-state index contributed by atoms with van der Waals surface area (Å²) in [5.74, 6) is 0. The van der Waals surface area contributed by atoms with E-state index in [1.165, 1.54) is 5.56 Å². The highest BCUT2D eigenvalue weighted by Gasteiger charge is 2.15. The molecule has 0 aliphatic carbocycles. The normalized spacial score (nSPS) is 10.7. The van der Waals surface area contributed by atoms with Crippen LogP contribution < -0.4 is 16.0 Å². The lowest BCUT2D eigenvalue weighted by Gasteiger charge is -2.19. The van der Waals surface area contributed by atoms with Crippen molar-refractivity contribution in [1.82, 2.24) is 16.0 Å². The number of hydrogen-bond donors (Lipinski definition) is 3. The maximum Gasteiger partial charge on any atom is 0.407 e. The molecule has 122 valence electrons. The lowest BCUT2D eigenvalue weighted by Crippen LogP contribution is -2.41. The molecule has 0 atom stereocenters. The van der Waals surface area contributed by atoms with Crippen molar-refractivity contribution in [2.75, 3.05) is 19.6 Å². The van der Waals surface area contributed by atoms with Crippen LogP contribution in [0.4, 0.5) is 4.79 Å². The maximum atomic E-state index is 11.4. The van der Waals surface area contributed by atoms with Gasteiger partial charge in [0.2, 0.25) is 0 Å². The smallest absolute Gasteiger partial charge is 0.407 e. The van der Waals surface area contributed by atoms with Crippen LogP contribution in [0.1, 0.15) is 26.3 Å². The van der Waals surface area contributed by atoms with Crippen molar-refractivity contribution in [3.63, 3.8) is 0 Å². The first-order valence-corrected chi connectivity index (χ1v) is 7.80. The average molecular weight is 323 g/mol. The fraction of sp³-hybridized carbons (Fsp3) is 0.500. The number of thiocarbonyl (C=S) groups is 1. The molecule has 0 aliphatic heterocycles. The molecule has 0 unspecified atom stereocenters. The zero-order chi connectivity index (χ0) is 16.4. The van der Waals surface area contributed by atoms with Crippen LogP contribution in [0.25, 0.3) is 0 Å². The Hall–Kier alpha value is -1.82. The summed E-state index contributed by atoms with van der Waals surface area (Å²) in [7, 11) is 0. The van der Waals surface area contributed by atoms with Crippen molar-refractivity contribution in [2.45, 2.75) is 32.8 Å². The minimum absolute atomic E-state index is 0.419. The van der Waals surface area contributed by atoms with Gasteiger partial charge in [-0.1, -0.05) is 30.3 Å². The molecular formula is C16H25N3O2S. The van der Waals surface area contributed by atoms with Gasteiger partial charge in [-0.25, -0.2) is 4.79 Å². The molecule has 6 heteroatoms. The van der Waals surface area contributed by atoms with E-state index in [0.717, 1.165) is 13.0 Å². The lowest BCUT2D eigenvalue weighted by atomic mass is 10.1. The Kier molecular flexibility index (Phi) is 7.66. The van der Waals surface area contributed by atoms with Crippen molar-refractivity contribution in [2.24, 2.45) is 0 Å². The third kappa shape index (κ3) is 9.18. The van der Waals surface area contributed by atoms with Gasteiger partial charge in [-0.3, -0.25) is 0 Å². The van der Waals surface area contributed by atoms with E-state index >= 15 is 0 Å². The van der Waals surface area contributed by atoms with E-state index in [1.807, 2.05) is 39.0 Å². The second-order valence-electron chi connectivity index (χ2n) is 5.85. The largest absolute Gasteiger partial charge is 0.444 e. The van der Waals surface area contributed by atoms with Gasteiger partial charge in [0.05, 0.1) is 0 Å². The summed E-state index contributed by atoms with van der Waals surface area (Å²) in [6.07, 6.45) is 0.496. The van der Waals surface area contributed by atoms with Crippen molar-refractivity contribution in [1.29, 1.82) is 0 Å². The molecule has 0 bridgehead atoms. The molecule has 1 aromatic carbocycles. The van der Waals surface area contributed by atoms with Crippen molar-refractivity contribution in [3.05, 3.63) is 35.9 Å². The van der Waals surface area contributed by atoms with E-state index in [4.69, 9.17) is 17.0 Å². The van der Waals surface area contributed by atoms with Gasteiger partial charge < -0.3 is 20.7 Å². The highest BCUT2D eigenvalue weighted by atomic mass is 32.1. The summed E-state index contributed by atoms with van der Waals surface area (Å²) in [5, 5.41) is 9.42. The second-order valence-corrected chi connectivity index (χ2v) is 6.26. The van der Waals surface area contributed by atoms with Gasteiger partial charge in [0.1, 0.15) is 5.60 Å². The first kappa shape index (κ1) is 18.2. The lowest BCUT2D eigenvalue weighted by molar-refractivity contribution is 0.0529. The quantitative estimate of drug-likeness (QED) is 0.553. The Bertz CT molecular complexity index is 472. The van der Waals surface area contributed by atoms with E-state index in [1.54, 1.807) is 0 Å². The highest BCUT2D eigenvalue weighted by Crippen LogP contribution is 2.05. The van der Waals surface area contributed by atoms with Gasteiger partial charge in [-0.15, -0.1) is 0 Å². The number of rotatable bonds is 6. The minimum Gasteiger partial charge on any atom is -0.444 e. The van der Waals surface area contributed by atoms with E-state index in [-0.39, 0.29) is 0 Å². The van der Waals surface area contributed by atoms with Gasteiger partial charge in [-0.2, -0.15) is 0 Å². The molecular weight excluding hydrogens is 298 g/mol. The summed E-state index contributed by atoms with van der Waals surface area (Å²) >= 11 is 5.17. The van der Waals surface area contributed by atoms with Crippen LogP contribution in [0, 0.1) is 0 Å². The van der Waals surface area contributed by atoms with Crippen molar-refractivity contribution in [3.8, 4) is 0 Å². The number of amides is 1. The van der Waals surface area contributed by atoms with Gasteiger partial charge in [0.15, 0.2) is 5.11 Å². The molecule has 0 saturated heterocycles. The molecule has 1 amide bonds. The summed E-state index contributed by atoms with van der Waals surface area (Å²) < 4.78 is 5.13. The molecule has 0 spiro atoms. The van der Waals surface area contributed by atoms with E-state index in [0.29, 0.717) is 18.2 Å². The number of hydrogen-bond acceptors (Lipinski definition) is 3. The number of ether oxygens (including phenoxy) is 1. The number of benzene rings is 1. The first-order chi connectivity index (χ1) is 10.4. The fourth-order valence-corrected chi connectivity index (χ4v) is 1.89. The monoisotopic (exact) mass is 323 g/mol.